The van der Waals surface area contributed by atoms with Gasteiger partial charge in [0.25, 0.3) is 0 Å². The SMILES string of the molecule is FC(F)(F)c1cc(NCc2cn(-c3ccc(OC4CC4)c(Cl)c3)nn2)ccn1. The molecule has 146 valence electrons. The first-order valence-electron chi connectivity index (χ1n) is 8.53. The van der Waals surface area contributed by atoms with Gasteiger partial charge in [-0.1, -0.05) is 16.8 Å². The van der Waals surface area contributed by atoms with Gasteiger partial charge in [0, 0.05) is 11.9 Å². The van der Waals surface area contributed by atoms with E-state index in [9.17, 15) is 13.2 Å². The third-order valence-corrected chi connectivity index (χ3v) is 4.36. The van der Waals surface area contributed by atoms with Gasteiger partial charge in [0.05, 0.1) is 29.6 Å². The smallest absolute Gasteiger partial charge is 0.433 e. The molecule has 6 nitrogen and oxygen atoms in total. The Hall–Kier alpha value is -2.81. The highest BCUT2D eigenvalue weighted by Crippen LogP contribution is 2.33. The topological polar surface area (TPSA) is 64.9 Å². The molecule has 0 atom stereocenters. The number of halogens is 4. The van der Waals surface area contributed by atoms with Gasteiger partial charge in [-0.05, 0) is 43.2 Å². The van der Waals surface area contributed by atoms with Crippen molar-refractivity contribution < 1.29 is 17.9 Å². The maximum atomic E-state index is 12.7. The lowest BCUT2D eigenvalue weighted by Crippen LogP contribution is -2.09. The Morgan fingerprint density at radius 3 is 2.75 bits per heavy atom. The minimum atomic E-state index is -4.49. The first kappa shape index (κ1) is 18.5. The molecule has 10 heteroatoms. The minimum absolute atomic E-state index is 0.206. The van der Waals surface area contributed by atoms with Gasteiger partial charge in [-0.2, -0.15) is 13.2 Å². The van der Waals surface area contributed by atoms with Gasteiger partial charge in [0.1, 0.15) is 17.1 Å². The molecule has 1 saturated carbocycles. The van der Waals surface area contributed by atoms with E-state index < -0.39 is 11.9 Å². The number of benzene rings is 1. The Morgan fingerprint density at radius 2 is 2.04 bits per heavy atom. The normalized spacial score (nSPS) is 14.1. The number of pyridine rings is 1. The molecule has 1 aliphatic rings. The predicted molar refractivity (Wildman–Crippen MR) is 96.6 cm³/mol. The van der Waals surface area contributed by atoms with Crippen molar-refractivity contribution in [3.8, 4) is 11.4 Å². The summed E-state index contributed by atoms with van der Waals surface area (Å²) < 4.78 is 45.4. The fourth-order valence-corrected chi connectivity index (χ4v) is 2.71. The maximum absolute atomic E-state index is 12.7. The Bertz CT molecular complexity index is 987. The summed E-state index contributed by atoms with van der Waals surface area (Å²) >= 11 is 6.25. The lowest BCUT2D eigenvalue weighted by atomic mass is 10.3. The number of rotatable bonds is 6. The molecule has 2 heterocycles. The van der Waals surface area contributed by atoms with Crippen molar-refractivity contribution in [3.63, 3.8) is 0 Å². The van der Waals surface area contributed by atoms with E-state index in [4.69, 9.17) is 16.3 Å². The number of hydrogen-bond acceptors (Lipinski definition) is 5. The molecule has 2 aromatic heterocycles. The van der Waals surface area contributed by atoms with Crippen LogP contribution in [0.15, 0.2) is 42.7 Å². The zero-order valence-corrected chi connectivity index (χ0v) is 15.2. The summed E-state index contributed by atoms with van der Waals surface area (Å²) in [5, 5.41) is 11.4. The van der Waals surface area contributed by atoms with Crippen LogP contribution in [0.25, 0.3) is 5.69 Å². The number of ether oxygens (including phenoxy) is 1. The summed E-state index contributed by atoms with van der Waals surface area (Å²) in [6.07, 6.45) is 0.619. The zero-order valence-electron chi connectivity index (χ0n) is 14.4. The van der Waals surface area contributed by atoms with Gasteiger partial charge >= 0.3 is 6.18 Å². The summed E-state index contributed by atoms with van der Waals surface area (Å²) in [6, 6.07) is 7.73. The monoisotopic (exact) mass is 409 g/mol. The van der Waals surface area contributed by atoms with Crippen LogP contribution in [-0.4, -0.2) is 26.1 Å². The van der Waals surface area contributed by atoms with Crippen molar-refractivity contribution in [2.45, 2.75) is 31.7 Å². The Balaban J connectivity index is 1.42. The van der Waals surface area contributed by atoms with Crippen LogP contribution < -0.4 is 10.1 Å². The van der Waals surface area contributed by atoms with Crippen molar-refractivity contribution in [2.24, 2.45) is 0 Å². The quantitative estimate of drug-likeness (QED) is 0.650. The summed E-state index contributed by atoms with van der Waals surface area (Å²) in [7, 11) is 0. The van der Waals surface area contributed by atoms with Crippen LogP contribution in [0.3, 0.4) is 0 Å². The standard InChI is InChI=1S/C18H15ClF3N5O/c19-15-8-13(1-4-16(15)28-14-2-3-14)27-10-12(25-26-27)9-24-11-5-6-23-17(7-11)18(20,21)22/h1,4-8,10,14H,2-3,9H2,(H,23,24). The van der Waals surface area contributed by atoms with Gasteiger partial charge in [-0.15, -0.1) is 5.10 Å². The van der Waals surface area contributed by atoms with E-state index in [1.807, 2.05) is 6.07 Å². The van der Waals surface area contributed by atoms with Gasteiger partial charge < -0.3 is 10.1 Å². The van der Waals surface area contributed by atoms with Crippen LogP contribution in [-0.2, 0) is 12.7 Å². The third-order valence-electron chi connectivity index (χ3n) is 4.06. The molecule has 0 unspecified atom stereocenters. The first-order chi connectivity index (χ1) is 13.4. The highest BCUT2D eigenvalue weighted by Gasteiger charge is 2.32. The van der Waals surface area contributed by atoms with E-state index in [1.165, 1.54) is 10.7 Å². The van der Waals surface area contributed by atoms with Gasteiger partial charge in [-0.25, -0.2) is 4.68 Å². The number of alkyl halides is 3. The molecule has 0 saturated heterocycles. The van der Waals surface area contributed by atoms with Crippen molar-refractivity contribution in [1.29, 1.82) is 0 Å². The van der Waals surface area contributed by atoms with E-state index in [0.717, 1.165) is 25.1 Å². The van der Waals surface area contributed by atoms with Crippen LogP contribution in [0.1, 0.15) is 24.2 Å². The van der Waals surface area contributed by atoms with E-state index >= 15 is 0 Å². The molecule has 0 aliphatic heterocycles. The lowest BCUT2D eigenvalue weighted by molar-refractivity contribution is -0.141. The number of anilines is 1. The second kappa shape index (κ2) is 7.31. The molecule has 0 amide bonds. The van der Waals surface area contributed by atoms with Crippen molar-refractivity contribution >= 4 is 17.3 Å². The molecule has 28 heavy (non-hydrogen) atoms. The number of aromatic nitrogens is 4. The van der Waals surface area contributed by atoms with Gasteiger partial charge in [-0.3, -0.25) is 4.98 Å². The number of hydrogen-bond donors (Lipinski definition) is 1. The molecule has 0 bridgehead atoms. The largest absolute Gasteiger partial charge is 0.489 e. The van der Waals surface area contributed by atoms with Crippen LogP contribution in [0.5, 0.6) is 5.75 Å². The molecular formula is C18H15ClF3N5O. The molecule has 1 fully saturated rings. The average molecular weight is 410 g/mol. The van der Waals surface area contributed by atoms with Crippen LogP contribution in [0, 0.1) is 0 Å². The second-order valence-electron chi connectivity index (χ2n) is 6.37. The molecule has 1 aromatic carbocycles. The third kappa shape index (κ3) is 4.36. The maximum Gasteiger partial charge on any atom is 0.433 e. The zero-order chi connectivity index (χ0) is 19.7. The summed E-state index contributed by atoms with van der Waals surface area (Å²) in [4.78, 5) is 3.33. The lowest BCUT2D eigenvalue weighted by Gasteiger charge is -2.09. The summed E-state index contributed by atoms with van der Waals surface area (Å²) in [5.41, 5.74) is 0.598. The Labute approximate surface area is 163 Å². The molecule has 0 radical (unpaired) electrons. The molecule has 0 spiro atoms. The van der Waals surface area contributed by atoms with Crippen LogP contribution >= 0.6 is 11.6 Å². The summed E-state index contributed by atoms with van der Waals surface area (Å²) in [5.74, 6) is 0.632. The van der Waals surface area contributed by atoms with E-state index in [-0.39, 0.29) is 12.6 Å². The van der Waals surface area contributed by atoms with Crippen LogP contribution in [0.4, 0.5) is 18.9 Å². The van der Waals surface area contributed by atoms with E-state index in [2.05, 4.69) is 20.6 Å². The van der Waals surface area contributed by atoms with Crippen molar-refractivity contribution in [3.05, 3.63) is 59.1 Å². The molecule has 3 aromatic rings. The first-order valence-corrected chi connectivity index (χ1v) is 8.91. The fourth-order valence-electron chi connectivity index (χ4n) is 2.49. The van der Waals surface area contributed by atoms with Crippen molar-refractivity contribution in [1.82, 2.24) is 20.0 Å². The second-order valence-corrected chi connectivity index (χ2v) is 6.77. The highest BCUT2D eigenvalue weighted by molar-refractivity contribution is 6.32. The minimum Gasteiger partial charge on any atom is -0.489 e. The van der Waals surface area contributed by atoms with Crippen LogP contribution in [0.2, 0.25) is 5.02 Å². The average Bonchev–Trinajstić information content (AvgIpc) is 3.35. The molecule has 1 N–H and O–H groups in total. The van der Waals surface area contributed by atoms with E-state index in [1.54, 1.807) is 18.3 Å². The predicted octanol–water partition coefficient (Wildman–Crippen LogP) is 4.49. The van der Waals surface area contributed by atoms with Gasteiger partial charge in [0.15, 0.2) is 0 Å². The molecule has 4 rings (SSSR count). The molecule has 1 aliphatic carbocycles. The van der Waals surface area contributed by atoms with E-state index in [0.29, 0.717) is 27.8 Å². The van der Waals surface area contributed by atoms with Gasteiger partial charge in [0.2, 0.25) is 0 Å². The Kier molecular flexibility index (Phi) is 4.84. The number of nitrogens with one attached hydrogen (secondary N) is 1. The fraction of sp³-hybridized carbons (Fsp3) is 0.278. The highest BCUT2D eigenvalue weighted by atomic mass is 35.5. The van der Waals surface area contributed by atoms with Crippen molar-refractivity contribution in [2.75, 3.05) is 5.32 Å². The number of nitrogens with zero attached hydrogens (tertiary/aromatic N) is 4. The Morgan fingerprint density at radius 1 is 1.21 bits per heavy atom. The summed E-state index contributed by atoms with van der Waals surface area (Å²) in [6.45, 7) is 0.206. The molecular weight excluding hydrogens is 395 g/mol.